The van der Waals surface area contributed by atoms with Gasteiger partial charge in [-0.15, -0.1) is 34.3 Å². The van der Waals surface area contributed by atoms with Gasteiger partial charge in [0.25, 0.3) is 5.91 Å². The van der Waals surface area contributed by atoms with Crippen LogP contribution in [-0.2, 0) is 0 Å². The molecule has 2 aromatic rings. The van der Waals surface area contributed by atoms with Crippen molar-refractivity contribution >= 4 is 49.6 Å². The number of hydrogen-bond donors (Lipinski definition) is 0. The molecule has 18 heavy (non-hydrogen) atoms. The van der Waals surface area contributed by atoms with E-state index in [-0.39, 0.29) is 11.3 Å². The fourth-order valence-electron chi connectivity index (χ4n) is 2.33. The van der Waals surface area contributed by atoms with Gasteiger partial charge in [-0.05, 0) is 29.9 Å². The largest absolute Gasteiger partial charge is 0.338 e. The molecule has 0 aromatic carbocycles. The van der Waals surface area contributed by atoms with Crippen LogP contribution in [0.4, 0.5) is 0 Å². The molecule has 5 heteroatoms. The molecule has 0 aliphatic carbocycles. The second kappa shape index (κ2) is 4.83. The number of halogens is 1. The highest BCUT2D eigenvalue weighted by Crippen LogP contribution is 2.31. The molecule has 1 aliphatic heterocycles. The number of piperidine rings is 1. The van der Waals surface area contributed by atoms with E-state index in [1.165, 1.54) is 9.40 Å². The monoisotopic (exact) mass is 299 g/mol. The quantitative estimate of drug-likeness (QED) is 0.727. The highest BCUT2D eigenvalue weighted by atomic mass is 35.5. The molecule has 1 saturated heterocycles. The summed E-state index contributed by atoms with van der Waals surface area (Å²) in [6.45, 7) is 3.67. The number of nitrogens with zero attached hydrogens (tertiary/aromatic N) is 1. The minimum Gasteiger partial charge on any atom is -0.338 e. The molecule has 96 valence electrons. The highest BCUT2D eigenvalue weighted by molar-refractivity contribution is 7.27. The maximum absolute atomic E-state index is 12.4. The summed E-state index contributed by atoms with van der Waals surface area (Å²) in [4.78, 5) is 15.2. The Labute approximate surface area is 119 Å². The minimum absolute atomic E-state index is 0.166. The van der Waals surface area contributed by atoms with E-state index >= 15 is 0 Å². The fraction of sp³-hybridized carbons (Fsp3) is 0.462. The molecule has 2 nitrogen and oxygen atoms in total. The summed E-state index contributed by atoms with van der Waals surface area (Å²) in [5.41, 5.74) is 0. The zero-order valence-electron chi connectivity index (χ0n) is 10.1. The SMILES string of the molecule is CC1CN(C(=O)c2cc3sccc3s2)CCC1Cl. The fourth-order valence-corrected chi connectivity index (χ4v) is 4.58. The first kappa shape index (κ1) is 12.5. The Kier molecular flexibility index (Phi) is 3.34. The Morgan fingerprint density at radius 3 is 3.06 bits per heavy atom. The van der Waals surface area contributed by atoms with Gasteiger partial charge in [-0.3, -0.25) is 4.79 Å². The van der Waals surface area contributed by atoms with Crippen molar-refractivity contribution in [3.05, 3.63) is 22.4 Å². The normalized spacial score (nSPS) is 24.7. The van der Waals surface area contributed by atoms with E-state index < -0.39 is 0 Å². The number of rotatable bonds is 1. The lowest BCUT2D eigenvalue weighted by Crippen LogP contribution is -2.43. The van der Waals surface area contributed by atoms with Gasteiger partial charge in [-0.25, -0.2) is 0 Å². The van der Waals surface area contributed by atoms with Crippen molar-refractivity contribution in [3.8, 4) is 0 Å². The standard InChI is InChI=1S/C13H14ClNOS2/c1-8-7-15(4-2-9(8)14)13(16)12-6-11-10(18-12)3-5-17-11/h3,5-6,8-9H,2,4,7H2,1H3. The lowest BCUT2D eigenvalue weighted by Gasteiger charge is -2.33. The van der Waals surface area contributed by atoms with E-state index in [0.717, 1.165) is 24.4 Å². The molecular formula is C13H14ClNOS2. The van der Waals surface area contributed by atoms with E-state index in [4.69, 9.17) is 11.6 Å². The number of amides is 1. The van der Waals surface area contributed by atoms with Gasteiger partial charge in [0.05, 0.1) is 4.88 Å². The average molecular weight is 300 g/mol. The number of carbonyl (C=O) groups is 1. The summed E-state index contributed by atoms with van der Waals surface area (Å²) in [5, 5.41) is 2.28. The van der Waals surface area contributed by atoms with Gasteiger partial charge < -0.3 is 4.90 Å². The predicted octanol–water partition coefficient (Wildman–Crippen LogP) is 4.05. The van der Waals surface area contributed by atoms with Crippen molar-refractivity contribution < 1.29 is 4.79 Å². The lowest BCUT2D eigenvalue weighted by molar-refractivity contribution is 0.0692. The summed E-state index contributed by atoms with van der Waals surface area (Å²) in [7, 11) is 0. The molecule has 2 unspecified atom stereocenters. The number of thiophene rings is 2. The van der Waals surface area contributed by atoms with Crippen LogP contribution in [0.5, 0.6) is 0 Å². The van der Waals surface area contributed by atoms with Gasteiger partial charge in [-0.2, -0.15) is 0 Å². The molecular weight excluding hydrogens is 286 g/mol. The van der Waals surface area contributed by atoms with E-state index in [0.29, 0.717) is 5.92 Å². The number of alkyl halides is 1. The molecule has 0 radical (unpaired) electrons. The van der Waals surface area contributed by atoms with Crippen molar-refractivity contribution in [2.45, 2.75) is 18.7 Å². The molecule has 1 aliphatic rings. The van der Waals surface area contributed by atoms with E-state index in [9.17, 15) is 4.79 Å². The molecule has 1 amide bonds. The van der Waals surface area contributed by atoms with Crippen LogP contribution in [0.15, 0.2) is 17.5 Å². The van der Waals surface area contributed by atoms with Gasteiger partial charge in [0.15, 0.2) is 0 Å². The third-order valence-corrected chi connectivity index (χ3v) is 6.17. The van der Waals surface area contributed by atoms with E-state index in [1.807, 2.05) is 11.0 Å². The van der Waals surface area contributed by atoms with Crippen LogP contribution < -0.4 is 0 Å². The van der Waals surface area contributed by atoms with Gasteiger partial charge >= 0.3 is 0 Å². The van der Waals surface area contributed by atoms with Gasteiger partial charge in [0.2, 0.25) is 0 Å². The Hall–Kier alpha value is -0.580. The zero-order chi connectivity index (χ0) is 12.7. The van der Waals surface area contributed by atoms with Crippen LogP contribution in [0.1, 0.15) is 23.0 Å². The number of hydrogen-bond acceptors (Lipinski definition) is 3. The number of fused-ring (bicyclic) bond motifs is 1. The predicted molar refractivity (Wildman–Crippen MR) is 79.0 cm³/mol. The maximum atomic E-state index is 12.4. The molecule has 2 atom stereocenters. The average Bonchev–Trinajstić information content (AvgIpc) is 2.92. The Bertz CT molecular complexity index is 548. The smallest absolute Gasteiger partial charge is 0.264 e. The third kappa shape index (κ3) is 2.17. The van der Waals surface area contributed by atoms with Gasteiger partial charge in [-0.1, -0.05) is 6.92 Å². The molecule has 2 aromatic heterocycles. The topological polar surface area (TPSA) is 20.3 Å². The van der Waals surface area contributed by atoms with Crippen molar-refractivity contribution in [3.63, 3.8) is 0 Å². The van der Waals surface area contributed by atoms with E-state index in [2.05, 4.69) is 18.4 Å². The van der Waals surface area contributed by atoms with Crippen LogP contribution in [0, 0.1) is 5.92 Å². The van der Waals surface area contributed by atoms with Gasteiger partial charge in [0, 0.05) is 27.9 Å². The molecule has 0 saturated carbocycles. The molecule has 1 fully saturated rings. The van der Waals surface area contributed by atoms with E-state index in [1.54, 1.807) is 22.7 Å². The molecule has 3 rings (SSSR count). The Morgan fingerprint density at radius 1 is 1.50 bits per heavy atom. The van der Waals surface area contributed by atoms with Crippen LogP contribution in [0.25, 0.3) is 9.40 Å². The third-order valence-electron chi connectivity index (χ3n) is 3.44. The first-order valence-electron chi connectivity index (χ1n) is 6.05. The first-order valence-corrected chi connectivity index (χ1v) is 8.19. The van der Waals surface area contributed by atoms with Crippen molar-refractivity contribution in [1.29, 1.82) is 0 Å². The molecule has 0 N–H and O–H groups in total. The Balaban J connectivity index is 1.80. The number of carbonyl (C=O) groups excluding carboxylic acids is 1. The summed E-state index contributed by atoms with van der Waals surface area (Å²) < 4.78 is 2.42. The highest BCUT2D eigenvalue weighted by Gasteiger charge is 2.28. The van der Waals surface area contributed by atoms with Crippen molar-refractivity contribution in [2.75, 3.05) is 13.1 Å². The molecule has 0 spiro atoms. The molecule has 0 bridgehead atoms. The Morgan fingerprint density at radius 2 is 2.33 bits per heavy atom. The second-order valence-electron chi connectivity index (χ2n) is 4.79. The van der Waals surface area contributed by atoms with Crippen molar-refractivity contribution in [1.82, 2.24) is 4.90 Å². The summed E-state index contributed by atoms with van der Waals surface area (Å²) in [5.74, 6) is 0.546. The maximum Gasteiger partial charge on any atom is 0.264 e. The first-order chi connectivity index (χ1) is 8.65. The lowest BCUT2D eigenvalue weighted by atomic mass is 9.99. The zero-order valence-corrected chi connectivity index (χ0v) is 12.4. The molecule has 3 heterocycles. The van der Waals surface area contributed by atoms with Crippen LogP contribution in [-0.4, -0.2) is 29.3 Å². The van der Waals surface area contributed by atoms with Gasteiger partial charge in [0.1, 0.15) is 0 Å². The minimum atomic E-state index is 0.166. The van der Waals surface area contributed by atoms with Crippen LogP contribution in [0.2, 0.25) is 0 Å². The number of likely N-dealkylation sites (tertiary alicyclic amines) is 1. The summed E-state index contributed by atoms with van der Waals surface area (Å²) >= 11 is 9.48. The summed E-state index contributed by atoms with van der Waals surface area (Å²) in [6.07, 6.45) is 0.897. The second-order valence-corrected chi connectivity index (χ2v) is 7.38. The summed E-state index contributed by atoms with van der Waals surface area (Å²) in [6, 6.07) is 4.10. The van der Waals surface area contributed by atoms with Crippen LogP contribution >= 0.6 is 34.3 Å². The van der Waals surface area contributed by atoms with Crippen molar-refractivity contribution in [2.24, 2.45) is 5.92 Å². The van der Waals surface area contributed by atoms with Crippen LogP contribution in [0.3, 0.4) is 0 Å².